The Morgan fingerprint density at radius 2 is 1.81 bits per heavy atom. The second-order valence-corrected chi connectivity index (χ2v) is 5.02. The van der Waals surface area contributed by atoms with Gasteiger partial charge in [0.25, 0.3) is 0 Å². The monoisotopic (exact) mass is 304 g/mol. The lowest BCUT2D eigenvalue weighted by Gasteiger charge is -2.13. The van der Waals surface area contributed by atoms with Crippen molar-refractivity contribution in [3.8, 4) is 11.5 Å². The van der Waals surface area contributed by atoms with E-state index in [1.54, 1.807) is 12.1 Å². The van der Waals surface area contributed by atoms with Gasteiger partial charge < -0.3 is 9.47 Å². The smallest absolute Gasteiger partial charge is 0.180 e. The Kier molecular flexibility index (Phi) is 5.23. The molecule has 110 valence electrons. The second kappa shape index (κ2) is 7.14. The number of aryl methyl sites for hydroxylation is 1. The molecule has 0 N–H and O–H groups in total. The molecule has 3 nitrogen and oxygen atoms in total. The molecule has 0 unspecified atom stereocenters. The largest absolute Gasteiger partial charge is 0.493 e. The SMILES string of the molecule is CCc1ccc(COc2c(Cl)cc(C=O)cc2OC)cc1. The van der Waals surface area contributed by atoms with E-state index in [0.29, 0.717) is 28.7 Å². The highest BCUT2D eigenvalue weighted by atomic mass is 35.5. The Balaban J connectivity index is 2.16. The predicted octanol–water partition coefficient (Wildman–Crippen LogP) is 4.30. The molecule has 2 rings (SSSR count). The normalized spacial score (nSPS) is 10.2. The van der Waals surface area contributed by atoms with Gasteiger partial charge in [0.15, 0.2) is 11.5 Å². The highest BCUT2D eigenvalue weighted by molar-refractivity contribution is 6.32. The molecule has 0 amide bonds. The molecule has 0 aliphatic heterocycles. The van der Waals surface area contributed by atoms with Gasteiger partial charge in [-0.1, -0.05) is 42.8 Å². The third-order valence-electron chi connectivity index (χ3n) is 3.20. The first kappa shape index (κ1) is 15.4. The number of ether oxygens (including phenoxy) is 2. The van der Waals surface area contributed by atoms with E-state index in [2.05, 4.69) is 19.1 Å². The fourth-order valence-electron chi connectivity index (χ4n) is 1.97. The van der Waals surface area contributed by atoms with Gasteiger partial charge in [-0.15, -0.1) is 0 Å². The molecule has 0 fully saturated rings. The molecule has 0 bridgehead atoms. The number of carbonyl (C=O) groups is 1. The third-order valence-corrected chi connectivity index (χ3v) is 3.48. The van der Waals surface area contributed by atoms with Crippen LogP contribution in [-0.4, -0.2) is 13.4 Å². The average molecular weight is 305 g/mol. The minimum absolute atomic E-state index is 0.363. The Hall–Kier alpha value is -2.00. The van der Waals surface area contributed by atoms with E-state index in [1.807, 2.05) is 12.1 Å². The summed E-state index contributed by atoms with van der Waals surface area (Å²) in [5.74, 6) is 0.902. The summed E-state index contributed by atoms with van der Waals surface area (Å²) >= 11 is 6.14. The Morgan fingerprint density at radius 1 is 1.14 bits per heavy atom. The minimum Gasteiger partial charge on any atom is -0.493 e. The van der Waals surface area contributed by atoms with Crippen LogP contribution in [0.15, 0.2) is 36.4 Å². The van der Waals surface area contributed by atoms with Crippen LogP contribution in [0, 0.1) is 0 Å². The van der Waals surface area contributed by atoms with Gasteiger partial charge in [-0.05, 0) is 29.7 Å². The maximum absolute atomic E-state index is 10.8. The fourth-order valence-corrected chi connectivity index (χ4v) is 2.25. The van der Waals surface area contributed by atoms with Gasteiger partial charge in [0.2, 0.25) is 0 Å². The highest BCUT2D eigenvalue weighted by Gasteiger charge is 2.12. The Bertz CT molecular complexity index is 621. The van der Waals surface area contributed by atoms with E-state index in [1.165, 1.54) is 12.7 Å². The summed E-state index contributed by atoms with van der Waals surface area (Å²) in [5, 5.41) is 0.363. The van der Waals surface area contributed by atoms with Crippen LogP contribution in [0.2, 0.25) is 5.02 Å². The molecule has 2 aromatic rings. The maximum atomic E-state index is 10.8. The van der Waals surface area contributed by atoms with E-state index in [4.69, 9.17) is 21.1 Å². The molecule has 0 saturated carbocycles. The number of aldehydes is 1. The fraction of sp³-hybridized carbons (Fsp3) is 0.235. The number of hydrogen-bond acceptors (Lipinski definition) is 3. The van der Waals surface area contributed by atoms with Gasteiger partial charge in [-0.2, -0.15) is 0 Å². The molecule has 0 saturated heterocycles. The number of benzene rings is 2. The van der Waals surface area contributed by atoms with E-state index in [-0.39, 0.29) is 0 Å². The average Bonchev–Trinajstić information content (AvgIpc) is 2.53. The van der Waals surface area contributed by atoms with Gasteiger partial charge in [-0.3, -0.25) is 4.79 Å². The van der Waals surface area contributed by atoms with Crippen molar-refractivity contribution in [2.75, 3.05) is 7.11 Å². The van der Waals surface area contributed by atoms with Crippen LogP contribution >= 0.6 is 11.6 Å². The molecule has 4 heteroatoms. The number of halogens is 1. The van der Waals surface area contributed by atoms with E-state index in [9.17, 15) is 4.79 Å². The molecule has 0 spiro atoms. The van der Waals surface area contributed by atoms with Crippen LogP contribution in [0.3, 0.4) is 0 Å². The first-order chi connectivity index (χ1) is 10.2. The first-order valence-corrected chi connectivity index (χ1v) is 7.09. The lowest BCUT2D eigenvalue weighted by Crippen LogP contribution is -1.99. The van der Waals surface area contributed by atoms with E-state index < -0.39 is 0 Å². The Morgan fingerprint density at radius 3 is 2.38 bits per heavy atom. The van der Waals surface area contributed by atoms with Gasteiger partial charge in [-0.25, -0.2) is 0 Å². The van der Waals surface area contributed by atoms with Crippen molar-refractivity contribution in [3.63, 3.8) is 0 Å². The molecule has 0 aliphatic rings. The molecular weight excluding hydrogens is 288 g/mol. The van der Waals surface area contributed by atoms with Crippen LogP contribution < -0.4 is 9.47 Å². The van der Waals surface area contributed by atoms with Crippen molar-refractivity contribution in [1.29, 1.82) is 0 Å². The zero-order chi connectivity index (χ0) is 15.2. The first-order valence-electron chi connectivity index (χ1n) is 6.71. The van der Waals surface area contributed by atoms with Gasteiger partial charge in [0, 0.05) is 5.56 Å². The standard InChI is InChI=1S/C17H17ClO3/c1-3-12-4-6-13(7-5-12)11-21-17-15(18)8-14(10-19)9-16(17)20-2/h4-10H,3,11H2,1-2H3. The molecule has 0 heterocycles. The molecule has 0 aromatic heterocycles. The summed E-state index contributed by atoms with van der Waals surface area (Å²) in [4.78, 5) is 10.8. The van der Waals surface area contributed by atoms with Gasteiger partial charge in [0.1, 0.15) is 12.9 Å². The molecule has 2 aromatic carbocycles. The second-order valence-electron chi connectivity index (χ2n) is 4.61. The van der Waals surface area contributed by atoms with Crippen molar-refractivity contribution in [1.82, 2.24) is 0 Å². The van der Waals surface area contributed by atoms with Crippen molar-refractivity contribution < 1.29 is 14.3 Å². The highest BCUT2D eigenvalue weighted by Crippen LogP contribution is 2.36. The van der Waals surface area contributed by atoms with Crippen LogP contribution in [0.1, 0.15) is 28.4 Å². The molecular formula is C17H17ClO3. The predicted molar refractivity (Wildman–Crippen MR) is 83.5 cm³/mol. The maximum Gasteiger partial charge on any atom is 0.180 e. The number of methoxy groups -OCH3 is 1. The van der Waals surface area contributed by atoms with Crippen molar-refractivity contribution >= 4 is 17.9 Å². The van der Waals surface area contributed by atoms with Gasteiger partial charge in [0.05, 0.1) is 12.1 Å². The van der Waals surface area contributed by atoms with Crippen LogP contribution in [0.4, 0.5) is 0 Å². The topological polar surface area (TPSA) is 35.5 Å². The summed E-state index contributed by atoms with van der Waals surface area (Å²) < 4.78 is 11.0. The van der Waals surface area contributed by atoms with Crippen LogP contribution in [0.5, 0.6) is 11.5 Å². The minimum atomic E-state index is 0.363. The summed E-state index contributed by atoms with van der Waals surface area (Å²) in [5.41, 5.74) is 2.78. The molecule has 21 heavy (non-hydrogen) atoms. The van der Waals surface area contributed by atoms with Crippen molar-refractivity contribution in [2.24, 2.45) is 0 Å². The van der Waals surface area contributed by atoms with Gasteiger partial charge >= 0.3 is 0 Å². The number of carbonyl (C=O) groups excluding carboxylic acids is 1. The van der Waals surface area contributed by atoms with Crippen LogP contribution in [0.25, 0.3) is 0 Å². The van der Waals surface area contributed by atoms with Crippen molar-refractivity contribution in [3.05, 3.63) is 58.1 Å². The summed E-state index contributed by atoms with van der Waals surface area (Å²) in [7, 11) is 1.52. The van der Waals surface area contributed by atoms with Crippen molar-refractivity contribution in [2.45, 2.75) is 20.0 Å². The molecule has 0 radical (unpaired) electrons. The zero-order valence-electron chi connectivity index (χ0n) is 12.1. The molecule has 0 atom stereocenters. The lowest BCUT2D eigenvalue weighted by molar-refractivity contribution is 0.112. The zero-order valence-corrected chi connectivity index (χ0v) is 12.8. The van der Waals surface area contributed by atoms with Crippen LogP contribution in [-0.2, 0) is 13.0 Å². The summed E-state index contributed by atoms with van der Waals surface area (Å²) in [6.07, 6.45) is 1.73. The number of hydrogen-bond donors (Lipinski definition) is 0. The number of rotatable bonds is 6. The van der Waals surface area contributed by atoms with E-state index in [0.717, 1.165) is 18.3 Å². The molecule has 0 aliphatic carbocycles. The summed E-state index contributed by atoms with van der Waals surface area (Å²) in [6.45, 7) is 2.51. The summed E-state index contributed by atoms with van der Waals surface area (Å²) in [6, 6.07) is 11.4. The quantitative estimate of drug-likeness (QED) is 0.746. The third kappa shape index (κ3) is 3.76. The van der Waals surface area contributed by atoms with E-state index >= 15 is 0 Å². The Labute approximate surface area is 129 Å². The lowest BCUT2D eigenvalue weighted by atomic mass is 10.1.